The molecule has 0 fully saturated rings. The van der Waals surface area contributed by atoms with E-state index in [1.54, 1.807) is 7.11 Å². The van der Waals surface area contributed by atoms with Crippen LogP contribution in [0.3, 0.4) is 0 Å². The summed E-state index contributed by atoms with van der Waals surface area (Å²) < 4.78 is 11.3. The molecule has 2 rings (SSSR count). The fraction of sp³-hybridized carbons (Fsp3) is 0.167. The molecule has 0 spiro atoms. The van der Waals surface area contributed by atoms with Crippen LogP contribution in [0.2, 0.25) is 0 Å². The summed E-state index contributed by atoms with van der Waals surface area (Å²) in [6.45, 7) is 0.532. The zero-order chi connectivity index (χ0) is 13.0. The van der Waals surface area contributed by atoms with Gasteiger partial charge >= 0.3 is 0 Å². The zero-order valence-electron chi connectivity index (χ0n) is 9.76. The Morgan fingerprint density at radius 3 is 2.94 bits per heavy atom. The maximum absolute atomic E-state index is 5.65. The van der Waals surface area contributed by atoms with Crippen LogP contribution < -0.4 is 10.5 Å². The second kappa shape index (κ2) is 5.79. The van der Waals surface area contributed by atoms with Gasteiger partial charge in [-0.2, -0.15) is 0 Å². The first-order chi connectivity index (χ1) is 8.70. The maximum Gasteiger partial charge on any atom is 0.238 e. The molecule has 1 heterocycles. The van der Waals surface area contributed by atoms with Crippen molar-refractivity contribution in [3.8, 4) is 11.6 Å². The van der Waals surface area contributed by atoms with Crippen LogP contribution in [-0.4, -0.2) is 17.1 Å². The van der Waals surface area contributed by atoms with Crippen LogP contribution in [-0.2, 0) is 11.3 Å². The van der Waals surface area contributed by atoms with E-state index in [2.05, 4.69) is 25.9 Å². The summed E-state index contributed by atoms with van der Waals surface area (Å²) >= 11 is 3.29. The highest BCUT2D eigenvalue weighted by atomic mass is 79.9. The zero-order valence-corrected chi connectivity index (χ0v) is 11.3. The lowest BCUT2D eigenvalue weighted by molar-refractivity contribution is 0.184. The van der Waals surface area contributed by atoms with Crippen LogP contribution in [0.15, 0.2) is 35.1 Å². The van der Waals surface area contributed by atoms with Gasteiger partial charge in [-0.1, -0.05) is 12.1 Å². The first kappa shape index (κ1) is 12.8. The van der Waals surface area contributed by atoms with Crippen LogP contribution in [0, 0.1) is 0 Å². The van der Waals surface area contributed by atoms with E-state index in [0.717, 1.165) is 5.56 Å². The van der Waals surface area contributed by atoms with E-state index in [4.69, 9.17) is 15.2 Å². The number of nitrogens with two attached hydrogens (primary N) is 1. The van der Waals surface area contributed by atoms with E-state index in [1.807, 2.05) is 24.3 Å². The minimum atomic E-state index is 0.341. The topological polar surface area (TPSA) is 70.3 Å². The second-order valence-electron chi connectivity index (χ2n) is 3.56. The van der Waals surface area contributed by atoms with Crippen molar-refractivity contribution in [3.05, 3.63) is 40.6 Å². The molecule has 0 aliphatic carbocycles. The predicted octanol–water partition coefficient (Wildman–Crippen LogP) is 2.76. The van der Waals surface area contributed by atoms with Gasteiger partial charge in [0, 0.05) is 7.11 Å². The van der Waals surface area contributed by atoms with Gasteiger partial charge in [-0.3, -0.25) is 0 Å². The quantitative estimate of drug-likeness (QED) is 0.940. The number of hydrogen-bond acceptors (Lipinski definition) is 5. The third-order valence-corrected chi connectivity index (χ3v) is 2.95. The van der Waals surface area contributed by atoms with Crippen molar-refractivity contribution < 1.29 is 9.47 Å². The van der Waals surface area contributed by atoms with Gasteiger partial charge in [0.1, 0.15) is 22.4 Å². The lowest BCUT2D eigenvalue weighted by Gasteiger charge is -2.08. The van der Waals surface area contributed by atoms with Gasteiger partial charge in [0.25, 0.3) is 0 Å². The third-order valence-electron chi connectivity index (χ3n) is 2.21. The Labute approximate surface area is 113 Å². The second-order valence-corrected chi connectivity index (χ2v) is 4.35. The maximum atomic E-state index is 5.65. The van der Waals surface area contributed by atoms with Gasteiger partial charge in [0.2, 0.25) is 5.88 Å². The number of aromatic nitrogens is 2. The minimum absolute atomic E-state index is 0.341. The van der Waals surface area contributed by atoms with Crippen molar-refractivity contribution in [2.75, 3.05) is 12.8 Å². The molecule has 0 unspecified atom stereocenters. The van der Waals surface area contributed by atoms with Crippen LogP contribution in [0.25, 0.3) is 0 Å². The van der Waals surface area contributed by atoms with Crippen molar-refractivity contribution in [2.45, 2.75) is 6.61 Å². The van der Waals surface area contributed by atoms with E-state index in [-0.39, 0.29) is 0 Å². The number of benzene rings is 1. The van der Waals surface area contributed by atoms with Crippen molar-refractivity contribution >= 4 is 21.7 Å². The highest BCUT2D eigenvalue weighted by Crippen LogP contribution is 2.30. The Hall–Kier alpha value is -1.66. The molecule has 0 atom stereocenters. The molecule has 6 heteroatoms. The van der Waals surface area contributed by atoms with Crippen molar-refractivity contribution in [1.29, 1.82) is 0 Å². The van der Waals surface area contributed by atoms with Gasteiger partial charge in [0.05, 0.1) is 6.61 Å². The van der Waals surface area contributed by atoms with Crippen LogP contribution in [0.5, 0.6) is 11.6 Å². The van der Waals surface area contributed by atoms with E-state index >= 15 is 0 Å². The third kappa shape index (κ3) is 2.96. The number of ether oxygens (including phenoxy) is 2. The Kier molecular flexibility index (Phi) is 4.11. The normalized spacial score (nSPS) is 10.3. The smallest absolute Gasteiger partial charge is 0.238 e. The molecule has 5 nitrogen and oxygen atoms in total. The van der Waals surface area contributed by atoms with Crippen molar-refractivity contribution in [1.82, 2.24) is 9.97 Å². The highest BCUT2D eigenvalue weighted by molar-refractivity contribution is 9.10. The SMILES string of the molecule is COCc1cccc(Oc2ncnc(N)c2Br)c1. The summed E-state index contributed by atoms with van der Waals surface area (Å²) in [4.78, 5) is 7.87. The van der Waals surface area contributed by atoms with Crippen LogP contribution in [0.4, 0.5) is 5.82 Å². The largest absolute Gasteiger partial charge is 0.438 e. The molecule has 18 heavy (non-hydrogen) atoms. The van der Waals surface area contributed by atoms with E-state index in [1.165, 1.54) is 6.33 Å². The number of rotatable bonds is 4. The Morgan fingerprint density at radius 1 is 1.33 bits per heavy atom. The van der Waals surface area contributed by atoms with Crippen LogP contribution in [0.1, 0.15) is 5.56 Å². The number of halogens is 1. The molecule has 94 valence electrons. The summed E-state index contributed by atoms with van der Waals surface area (Å²) in [6.07, 6.45) is 1.36. The molecular weight excluding hydrogens is 298 g/mol. The molecule has 0 saturated heterocycles. The predicted molar refractivity (Wildman–Crippen MR) is 71.4 cm³/mol. The van der Waals surface area contributed by atoms with Crippen LogP contribution >= 0.6 is 15.9 Å². The fourth-order valence-corrected chi connectivity index (χ4v) is 1.70. The molecule has 0 amide bonds. The first-order valence-electron chi connectivity index (χ1n) is 5.22. The van der Waals surface area contributed by atoms with E-state index in [9.17, 15) is 0 Å². The molecule has 1 aromatic carbocycles. The van der Waals surface area contributed by atoms with E-state index < -0.39 is 0 Å². The summed E-state index contributed by atoms with van der Waals surface area (Å²) in [5.41, 5.74) is 6.68. The summed E-state index contributed by atoms with van der Waals surface area (Å²) in [5.74, 6) is 1.40. The molecule has 2 aromatic rings. The lowest BCUT2D eigenvalue weighted by Crippen LogP contribution is -1.97. The van der Waals surface area contributed by atoms with Crippen molar-refractivity contribution in [2.24, 2.45) is 0 Å². The fourth-order valence-electron chi connectivity index (χ4n) is 1.41. The lowest BCUT2D eigenvalue weighted by atomic mass is 10.2. The van der Waals surface area contributed by atoms with Crippen molar-refractivity contribution in [3.63, 3.8) is 0 Å². The molecule has 2 N–H and O–H groups in total. The van der Waals surface area contributed by atoms with Gasteiger partial charge in [-0.25, -0.2) is 9.97 Å². The van der Waals surface area contributed by atoms with Gasteiger partial charge in [-0.05, 0) is 33.6 Å². The summed E-state index contributed by atoms with van der Waals surface area (Å²) in [7, 11) is 1.65. The number of methoxy groups -OCH3 is 1. The average molecular weight is 310 g/mol. The Morgan fingerprint density at radius 2 is 2.17 bits per heavy atom. The molecule has 0 bridgehead atoms. The molecule has 0 saturated carbocycles. The number of nitrogens with zero attached hydrogens (tertiary/aromatic N) is 2. The number of anilines is 1. The molecule has 0 radical (unpaired) electrons. The number of nitrogen functional groups attached to an aromatic ring is 1. The van der Waals surface area contributed by atoms with Gasteiger partial charge in [-0.15, -0.1) is 0 Å². The Bertz CT molecular complexity index is 549. The Balaban J connectivity index is 2.23. The summed E-state index contributed by atoms with van der Waals surface area (Å²) in [6, 6.07) is 7.57. The number of hydrogen-bond donors (Lipinski definition) is 1. The van der Waals surface area contributed by atoms with Gasteiger partial charge < -0.3 is 15.2 Å². The monoisotopic (exact) mass is 309 g/mol. The minimum Gasteiger partial charge on any atom is -0.438 e. The summed E-state index contributed by atoms with van der Waals surface area (Å²) in [5, 5.41) is 0. The average Bonchev–Trinajstić information content (AvgIpc) is 2.36. The molecule has 0 aliphatic rings. The molecule has 0 aliphatic heterocycles. The van der Waals surface area contributed by atoms with Gasteiger partial charge in [0.15, 0.2) is 0 Å². The first-order valence-corrected chi connectivity index (χ1v) is 6.01. The molecular formula is C12H12BrN3O2. The highest BCUT2D eigenvalue weighted by Gasteiger charge is 2.08. The van der Waals surface area contributed by atoms with E-state index in [0.29, 0.717) is 28.5 Å². The molecule has 1 aromatic heterocycles. The standard InChI is InChI=1S/C12H12BrN3O2/c1-17-6-8-3-2-4-9(5-8)18-12-10(13)11(14)15-7-16-12/h2-5,7H,6H2,1H3,(H2,14,15,16).